The number of anilines is 1. The maximum atomic E-state index is 12.5. The standard InChI is InChI=1S/C20H24N2O4S/c1-14(2)19(23)22-17-7-9-18(10-8-17)27(25,26)21-13-20(24)11-15-5-3-4-6-16(15)12-20/h3-10,14,21,24H,11-13H2,1-2H3,(H,22,23). The van der Waals surface area contributed by atoms with Gasteiger partial charge in [-0.15, -0.1) is 0 Å². The summed E-state index contributed by atoms with van der Waals surface area (Å²) < 4.78 is 27.6. The zero-order valence-electron chi connectivity index (χ0n) is 15.4. The Labute approximate surface area is 159 Å². The third-order valence-corrected chi connectivity index (χ3v) is 6.12. The van der Waals surface area contributed by atoms with Gasteiger partial charge in [0.2, 0.25) is 15.9 Å². The number of hydrogen-bond acceptors (Lipinski definition) is 4. The van der Waals surface area contributed by atoms with Crippen molar-refractivity contribution >= 4 is 21.6 Å². The van der Waals surface area contributed by atoms with Gasteiger partial charge in [0.25, 0.3) is 0 Å². The topological polar surface area (TPSA) is 95.5 Å². The maximum absolute atomic E-state index is 12.5. The quantitative estimate of drug-likeness (QED) is 0.706. The van der Waals surface area contributed by atoms with E-state index in [1.165, 1.54) is 12.1 Å². The average molecular weight is 388 g/mol. The van der Waals surface area contributed by atoms with E-state index in [2.05, 4.69) is 10.0 Å². The Hall–Kier alpha value is -2.22. The number of aliphatic hydroxyl groups is 1. The molecule has 0 saturated carbocycles. The Bertz CT molecular complexity index is 912. The van der Waals surface area contributed by atoms with Crippen molar-refractivity contribution in [2.75, 3.05) is 11.9 Å². The minimum absolute atomic E-state index is 0.0597. The number of fused-ring (bicyclic) bond motifs is 1. The molecule has 7 heteroatoms. The summed E-state index contributed by atoms with van der Waals surface area (Å²) in [6.45, 7) is 3.50. The average Bonchev–Trinajstić information content (AvgIpc) is 2.97. The molecule has 0 saturated heterocycles. The number of nitrogens with one attached hydrogen (secondary N) is 2. The van der Waals surface area contributed by atoms with Gasteiger partial charge in [0.05, 0.1) is 10.5 Å². The summed E-state index contributed by atoms with van der Waals surface area (Å²) in [6.07, 6.45) is 0.845. The summed E-state index contributed by atoms with van der Waals surface area (Å²) in [7, 11) is -3.76. The molecule has 1 aliphatic rings. The van der Waals surface area contributed by atoms with Crippen LogP contribution in [0, 0.1) is 5.92 Å². The molecule has 1 aliphatic carbocycles. The van der Waals surface area contributed by atoms with Gasteiger partial charge in [0.15, 0.2) is 0 Å². The molecular weight excluding hydrogens is 364 g/mol. The first-order chi connectivity index (χ1) is 12.7. The first-order valence-electron chi connectivity index (χ1n) is 8.88. The van der Waals surface area contributed by atoms with E-state index in [1.807, 2.05) is 24.3 Å². The van der Waals surface area contributed by atoms with E-state index in [0.29, 0.717) is 18.5 Å². The SMILES string of the molecule is CC(C)C(=O)Nc1ccc(S(=O)(=O)NCC2(O)Cc3ccccc3C2)cc1. The number of carbonyl (C=O) groups excluding carboxylic acids is 1. The van der Waals surface area contributed by atoms with Gasteiger partial charge in [0, 0.05) is 31.0 Å². The summed E-state index contributed by atoms with van der Waals surface area (Å²) in [5.41, 5.74) is 1.51. The molecular formula is C20H24N2O4S. The molecule has 0 radical (unpaired) electrons. The molecule has 2 aromatic rings. The Morgan fingerprint density at radius 2 is 1.63 bits per heavy atom. The van der Waals surface area contributed by atoms with Crippen LogP contribution in [-0.2, 0) is 27.7 Å². The fourth-order valence-corrected chi connectivity index (χ4v) is 4.24. The highest BCUT2D eigenvalue weighted by atomic mass is 32.2. The number of rotatable bonds is 6. The normalized spacial score (nSPS) is 15.6. The first-order valence-corrected chi connectivity index (χ1v) is 10.4. The smallest absolute Gasteiger partial charge is 0.240 e. The third kappa shape index (κ3) is 4.55. The summed E-state index contributed by atoms with van der Waals surface area (Å²) in [4.78, 5) is 11.8. The molecule has 0 atom stereocenters. The van der Waals surface area contributed by atoms with Crippen LogP contribution in [0.1, 0.15) is 25.0 Å². The van der Waals surface area contributed by atoms with Crippen molar-refractivity contribution in [3.63, 3.8) is 0 Å². The van der Waals surface area contributed by atoms with Crippen LogP contribution in [0.5, 0.6) is 0 Å². The molecule has 2 aromatic carbocycles. The molecule has 0 fully saturated rings. The highest BCUT2D eigenvalue weighted by molar-refractivity contribution is 7.89. The van der Waals surface area contributed by atoms with Crippen molar-refractivity contribution in [3.05, 3.63) is 59.7 Å². The number of benzene rings is 2. The maximum Gasteiger partial charge on any atom is 0.240 e. The zero-order valence-corrected chi connectivity index (χ0v) is 16.2. The number of carbonyl (C=O) groups is 1. The molecule has 0 spiro atoms. The molecule has 6 nitrogen and oxygen atoms in total. The van der Waals surface area contributed by atoms with E-state index in [0.717, 1.165) is 11.1 Å². The second-order valence-corrected chi connectivity index (χ2v) is 9.11. The highest BCUT2D eigenvalue weighted by Crippen LogP contribution is 2.29. The van der Waals surface area contributed by atoms with Crippen molar-refractivity contribution in [3.8, 4) is 0 Å². The van der Waals surface area contributed by atoms with Crippen LogP contribution in [0.15, 0.2) is 53.4 Å². The summed E-state index contributed by atoms with van der Waals surface area (Å²) in [5, 5.41) is 13.5. The van der Waals surface area contributed by atoms with Gasteiger partial charge in [-0.1, -0.05) is 38.1 Å². The van der Waals surface area contributed by atoms with E-state index in [-0.39, 0.29) is 23.3 Å². The lowest BCUT2D eigenvalue weighted by molar-refractivity contribution is -0.118. The first kappa shape index (κ1) is 19.5. The third-order valence-electron chi connectivity index (χ3n) is 4.71. The predicted octanol–water partition coefficient (Wildman–Crippen LogP) is 2.09. The molecule has 144 valence electrons. The molecule has 3 rings (SSSR count). The van der Waals surface area contributed by atoms with E-state index in [1.54, 1.807) is 26.0 Å². The lowest BCUT2D eigenvalue weighted by Crippen LogP contribution is -2.43. The lowest BCUT2D eigenvalue weighted by Gasteiger charge is -2.22. The molecule has 0 unspecified atom stereocenters. The van der Waals surface area contributed by atoms with Crippen LogP contribution < -0.4 is 10.0 Å². The van der Waals surface area contributed by atoms with Gasteiger partial charge in [-0.25, -0.2) is 13.1 Å². The van der Waals surface area contributed by atoms with Crippen molar-refractivity contribution in [1.29, 1.82) is 0 Å². The van der Waals surface area contributed by atoms with E-state index < -0.39 is 15.6 Å². The van der Waals surface area contributed by atoms with Gasteiger partial charge >= 0.3 is 0 Å². The summed E-state index contributed by atoms with van der Waals surface area (Å²) in [6, 6.07) is 13.7. The number of sulfonamides is 1. The monoisotopic (exact) mass is 388 g/mol. The van der Waals surface area contributed by atoms with Gasteiger partial charge in [0.1, 0.15) is 0 Å². The van der Waals surface area contributed by atoms with Gasteiger partial charge in [-0.05, 0) is 35.4 Å². The van der Waals surface area contributed by atoms with Crippen LogP contribution >= 0.6 is 0 Å². The Morgan fingerprint density at radius 1 is 1.07 bits per heavy atom. The van der Waals surface area contributed by atoms with Crippen LogP contribution in [0.4, 0.5) is 5.69 Å². The fraction of sp³-hybridized carbons (Fsp3) is 0.350. The molecule has 0 aliphatic heterocycles. The van der Waals surface area contributed by atoms with E-state index in [9.17, 15) is 18.3 Å². The Balaban J connectivity index is 1.64. The molecule has 0 aromatic heterocycles. The van der Waals surface area contributed by atoms with Crippen molar-refractivity contribution in [2.24, 2.45) is 5.92 Å². The van der Waals surface area contributed by atoms with Crippen molar-refractivity contribution in [2.45, 2.75) is 37.2 Å². The second kappa shape index (κ2) is 7.42. The van der Waals surface area contributed by atoms with Crippen LogP contribution in [-0.4, -0.2) is 31.6 Å². The van der Waals surface area contributed by atoms with Gasteiger partial charge in [-0.2, -0.15) is 0 Å². The lowest BCUT2D eigenvalue weighted by atomic mass is 10.0. The largest absolute Gasteiger partial charge is 0.388 e. The molecule has 3 N–H and O–H groups in total. The van der Waals surface area contributed by atoms with Crippen molar-refractivity contribution < 1.29 is 18.3 Å². The summed E-state index contributed by atoms with van der Waals surface area (Å²) in [5.74, 6) is -0.293. The minimum Gasteiger partial charge on any atom is -0.388 e. The van der Waals surface area contributed by atoms with Crippen LogP contribution in [0.3, 0.4) is 0 Å². The molecule has 27 heavy (non-hydrogen) atoms. The van der Waals surface area contributed by atoms with Crippen molar-refractivity contribution in [1.82, 2.24) is 4.72 Å². The Kier molecular flexibility index (Phi) is 5.37. The van der Waals surface area contributed by atoms with Gasteiger partial charge in [-0.3, -0.25) is 4.79 Å². The van der Waals surface area contributed by atoms with E-state index >= 15 is 0 Å². The molecule has 1 amide bonds. The number of amides is 1. The van der Waals surface area contributed by atoms with Gasteiger partial charge < -0.3 is 10.4 Å². The predicted molar refractivity (Wildman–Crippen MR) is 104 cm³/mol. The molecule has 0 heterocycles. The Morgan fingerprint density at radius 3 is 2.15 bits per heavy atom. The molecule has 0 bridgehead atoms. The fourth-order valence-electron chi connectivity index (χ4n) is 3.12. The van der Waals surface area contributed by atoms with Crippen LogP contribution in [0.25, 0.3) is 0 Å². The zero-order chi connectivity index (χ0) is 19.7. The highest BCUT2D eigenvalue weighted by Gasteiger charge is 2.36. The summed E-state index contributed by atoms with van der Waals surface area (Å²) >= 11 is 0. The second-order valence-electron chi connectivity index (χ2n) is 7.34. The van der Waals surface area contributed by atoms with Crippen LogP contribution in [0.2, 0.25) is 0 Å². The minimum atomic E-state index is -3.76. The van der Waals surface area contributed by atoms with E-state index in [4.69, 9.17) is 0 Å². The number of hydrogen-bond donors (Lipinski definition) is 3.